The third kappa shape index (κ3) is 4.52. The number of rotatable bonds is 3. The second-order valence-corrected chi connectivity index (χ2v) is 6.28. The lowest BCUT2D eigenvalue weighted by Gasteiger charge is -2.29. The van der Waals surface area contributed by atoms with Crippen molar-refractivity contribution in [1.82, 2.24) is 4.98 Å². The molecule has 1 aliphatic rings. The molecule has 2 amide bonds. The summed E-state index contributed by atoms with van der Waals surface area (Å²) >= 11 is 0. The van der Waals surface area contributed by atoms with E-state index in [-0.39, 0.29) is 6.07 Å². The average Bonchev–Trinajstić information content (AvgIpc) is 2.69. The summed E-state index contributed by atoms with van der Waals surface area (Å²) < 4.78 is 78.6. The van der Waals surface area contributed by atoms with Gasteiger partial charge in [0.05, 0.1) is 23.5 Å². The predicted molar refractivity (Wildman–Crippen MR) is 94.9 cm³/mol. The molecule has 2 N–H and O–H groups in total. The van der Waals surface area contributed by atoms with Crippen LogP contribution in [0.1, 0.15) is 16.8 Å². The minimum atomic E-state index is -5.27. The van der Waals surface area contributed by atoms with Crippen molar-refractivity contribution in [1.29, 1.82) is 5.26 Å². The molecule has 31 heavy (non-hydrogen) atoms. The number of benzene rings is 1. The van der Waals surface area contributed by atoms with Gasteiger partial charge >= 0.3 is 12.4 Å². The van der Waals surface area contributed by atoms with E-state index in [2.05, 4.69) is 15.6 Å². The number of anilines is 3. The van der Waals surface area contributed by atoms with E-state index >= 15 is 0 Å². The van der Waals surface area contributed by atoms with Crippen molar-refractivity contribution in [3.05, 3.63) is 47.2 Å². The molecular formula is C18H11F6N5O2. The number of pyridine rings is 1. The zero-order chi connectivity index (χ0) is 23.0. The molecule has 1 aromatic carbocycles. The van der Waals surface area contributed by atoms with Crippen LogP contribution < -0.4 is 15.5 Å². The monoisotopic (exact) mass is 443 g/mol. The summed E-state index contributed by atoms with van der Waals surface area (Å²) in [7, 11) is 0. The third-order valence-corrected chi connectivity index (χ3v) is 4.21. The number of para-hydroxylation sites is 2. The van der Waals surface area contributed by atoms with E-state index in [1.54, 1.807) is 12.1 Å². The Balaban J connectivity index is 1.94. The maximum absolute atomic E-state index is 13.2. The molecule has 1 aliphatic heterocycles. The van der Waals surface area contributed by atoms with Gasteiger partial charge in [-0.15, -0.1) is 0 Å². The van der Waals surface area contributed by atoms with E-state index in [9.17, 15) is 35.9 Å². The van der Waals surface area contributed by atoms with Gasteiger partial charge in [0, 0.05) is 0 Å². The number of aromatic nitrogens is 1. The van der Waals surface area contributed by atoms with Gasteiger partial charge in [0.2, 0.25) is 11.8 Å². The maximum atomic E-state index is 13.2. The quantitative estimate of drug-likeness (QED) is 0.709. The van der Waals surface area contributed by atoms with E-state index < -0.39 is 59.9 Å². The summed E-state index contributed by atoms with van der Waals surface area (Å²) in [5, 5.41) is 13.7. The molecule has 0 aliphatic carbocycles. The maximum Gasteiger partial charge on any atom is 0.433 e. The Hall–Kier alpha value is -3.82. The molecule has 0 atom stereocenters. The molecule has 7 nitrogen and oxygen atoms in total. The van der Waals surface area contributed by atoms with Crippen molar-refractivity contribution in [3.63, 3.8) is 0 Å². The van der Waals surface area contributed by atoms with Crippen LogP contribution in [0.2, 0.25) is 0 Å². The minimum Gasteiger partial charge on any atom is -0.360 e. The predicted octanol–water partition coefficient (Wildman–Crippen LogP) is 3.39. The molecule has 0 saturated heterocycles. The number of carbonyl (C=O) groups excluding carboxylic acids is 2. The second kappa shape index (κ2) is 7.78. The first kappa shape index (κ1) is 21.9. The van der Waals surface area contributed by atoms with E-state index in [4.69, 9.17) is 5.26 Å². The average molecular weight is 443 g/mol. The Morgan fingerprint density at radius 2 is 1.87 bits per heavy atom. The summed E-state index contributed by atoms with van der Waals surface area (Å²) in [5.74, 6) is -2.42. The van der Waals surface area contributed by atoms with Crippen LogP contribution in [-0.2, 0) is 21.9 Å². The highest BCUT2D eigenvalue weighted by atomic mass is 19.4. The normalized spacial score (nSPS) is 13.8. The molecule has 2 aromatic rings. The van der Waals surface area contributed by atoms with Crippen molar-refractivity contribution >= 4 is 29.0 Å². The van der Waals surface area contributed by atoms with Gasteiger partial charge in [-0.3, -0.25) is 14.5 Å². The van der Waals surface area contributed by atoms with Gasteiger partial charge in [0.15, 0.2) is 0 Å². The van der Waals surface area contributed by atoms with Crippen LogP contribution in [0.5, 0.6) is 0 Å². The van der Waals surface area contributed by atoms with Crippen LogP contribution in [-0.4, -0.2) is 29.9 Å². The number of fused-ring (bicyclic) bond motifs is 1. The largest absolute Gasteiger partial charge is 0.433 e. The lowest BCUT2D eigenvalue weighted by Crippen LogP contribution is -2.44. The number of alkyl halides is 6. The SMILES string of the molecule is N#Cc1c(C(F)(F)F)cc(C(F)(F)F)nc1NCC(=O)N1CC(=O)Nc2ccccc21. The zero-order valence-electron chi connectivity index (χ0n) is 15.2. The van der Waals surface area contributed by atoms with Gasteiger partial charge in [-0.2, -0.15) is 31.6 Å². The van der Waals surface area contributed by atoms with Gasteiger partial charge in [0.1, 0.15) is 29.7 Å². The van der Waals surface area contributed by atoms with E-state index in [0.29, 0.717) is 11.4 Å². The molecule has 13 heteroatoms. The molecule has 1 aromatic heterocycles. The number of amides is 2. The van der Waals surface area contributed by atoms with Gasteiger partial charge in [-0.25, -0.2) is 4.98 Å². The standard InChI is InChI=1S/C18H11F6N5O2/c19-17(20,21)10-5-13(18(22,23)24)28-16(9(10)6-25)26-7-15(31)29-8-14(30)27-11-3-1-2-4-12(11)29/h1-5H,7-8H2,(H,26,28)(H,27,30). The topological polar surface area (TPSA) is 98.1 Å². The number of hydrogen-bond acceptors (Lipinski definition) is 5. The molecule has 3 rings (SSSR count). The first-order valence-electron chi connectivity index (χ1n) is 8.44. The molecule has 0 unspecified atom stereocenters. The summed E-state index contributed by atoms with van der Waals surface area (Å²) in [6, 6.07) is 7.08. The van der Waals surface area contributed by atoms with Crippen LogP contribution in [0.15, 0.2) is 30.3 Å². The Kier molecular flexibility index (Phi) is 5.49. The molecule has 0 spiro atoms. The van der Waals surface area contributed by atoms with Crippen molar-refractivity contribution < 1.29 is 35.9 Å². The van der Waals surface area contributed by atoms with Crippen LogP contribution in [0.4, 0.5) is 43.5 Å². The van der Waals surface area contributed by atoms with Gasteiger partial charge in [-0.05, 0) is 18.2 Å². The highest BCUT2D eigenvalue weighted by molar-refractivity contribution is 6.10. The van der Waals surface area contributed by atoms with E-state index in [1.807, 2.05) is 0 Å². The number of nitrogens with one attached hydrogen (secondary N) is 2. The summed E-state index contributed by atoms with van der Waals surface area (Å²) in [6.07, 6.45) is -10.5. The fourth-order valence-corrected chi connectivity index (χ4v) is 2.87. The van der Waals surface area contributed by atoms with E-state index in [1.165, 1.54) is 18.2 Å². The zero-order valence-corrected chi connectivity index (χ0v) is 15.2. The minimum absolute atomic E-state index is 0.267. The van der Waals surface area contributed by atoms with Crippen molar-refractivity contribution in [3.8, 4) is 6.07 Å². The number of hydrogen-bond donors (Lipinski definition) is 2. The molecule has 0 fully saturated rings. The lowest BCUT2D eigenvalue weighted by atomic mass is 10.1. The number of nitriles is 1. The number of carbonyl (C=O) groups is 2. The molecule has 0 radical (unpaired) electrons. The van der Waals surface area contributed by atoms with Crippen molar-refractivity contribution in [2.45, 2.75) is 12.4 Å². The molecule has 0 bridgehead atoms. The fraction of sp³-hybridized carbons (Fsp3) is 0.222. The summed E-state index contributed by atoms with van der Waals surface area (Å²) in [5.41, 5.74) is -4.31. The number of nitrogens with zero attached hydrogens (tertiary/aromatic N) is 3. The Labute approximate surface area is 170 Å². The van der Waals surface area contributed by atoms with Crippen LogP contribution in [0.25, 0.3) is 0 Å². The van der Waals surface area contributed by atoms with E-state index in [0.717, 1.165) is 4.90 Å². The molecular weight excluding hydrogens is 432 g/mol. The molecule has 0 saturated carbocycles. The van der Waals surface area contributed by atoms with Crippen LogP contribution in [0.3, 0.4) is 0 Å². The van der Waals surface area contributed by atoms with Crippen LogP contribution in [0, 0.1) is 11.3 Å². The first-order valence-corrected chi connectivity index (χ1v) is 8.44. The fourth-order valence-electron chi connectivity index (χ4n) is 2.87. The van der Waals surface area contributed by atoms with Gasteiger partial charge in [-0.1, -0.05) is 12.1 Å². The summed E-state index contributed by atoms with van der Waals surface area (Å²) in [4.78, 5) is 28.4. The number of halogens is 6. The van der Waals surface area contributed by atoms with Gasteiger partial charge < -0.3 is 10.6 Å². The molecule has 162 valence electrons. The molecule has 2 heterocycles. The van der Waals surface area contributed by atoms with Crippen molar-refractivity contribution in [2.24, 2.45) is 0 Å². The highest BCUT2D eigenvalue weighted by Crippen LogP contribution is 2.38. The summed E-state index contributed by atoms with van der Waals surface area (Å²) in [6.45, 7) is -1.23. The van der Waals surface area contributed by atoms with Gasteiger partial charge in [0.25, 0.3) is 0 Å². The van der Waals surface area contributed by atoms with Crippen molar-refractivity contribution in [2.75, 3.05) is 28.6 Å². The Bertz CT molecular complexity index is 1090. The second-order valence-electron chi connectivity index (χ2n) is 6.28. The first-order chi connectivity index (χ1) is 14.4. The Morgan fingerprint density at radius 3 is 2.48 bits per heavy atom. The third-order valence-electron chi connectivity index (χ3n) is 4.21. The van der Waals surface area contributed by atoms with Crippen LogP contribution >= 0.6 is 0 Å². The highest BCUT2D eigenvalue weighted by Gasteiger charge is 2.41. The Morgan fingerprint density at radius 1 is 1.19 bits per heavy atom. The lowest BCUT2D eigenvalue weighted by molar-refractivity contribution is -0.145. The smallest absolute Gasteiger partial charge is 0.360 e.